The van der Waals surface area contributed by atoms with Gasteiger partial charge in [-0.15, -0.1) is 0 Å². The molecule has 5 nitrogen and oxygen atoms in total. The van der Waals surface area contributed by atoms with Gasteiger partial charge >= 0.3 is 5.97 Å². The van der Waals surface area contributed by atoms with E-state index < -0.39 is 12.1 Å². The number of aliphatic hydroxyl groups is 1. The number of aliphatic carboxylic acids is 1. The Labute approximate surface area is 175 Å². The van der Waals surface area contributed by atoms with Crippen LogP contribution in [0.1, 0.15) is 85.0 Å². The van der Waals surface area contributed by atoms with Crippen LogP contribution in [0.4, 0.5) is 0 Å². The average Bonchev–Trinajstić information content (AvgIpc) is 3.04. The molecule has 4 fully saturated rings. The van der Waals surface area contributed by atoms with E-state index in [1.165, 1.54) is 38.5 Å². The lowest BCUT2D eigenvalue weighted by Crippen LogP contribution is -2.56. The fraction of sp³-hybridized carbons (Fsp3) is 0.917. The molecule has 4 aliphatic carbocycles. The summed E-state index contributed by atoms with van der Waals surface area (Å²) in [6, 6.07) is 0. The lowest BCUT2D eigenvalue weighted by atomic mass is 9.44. The van der Waals surface area contributed by atoms with Gasteiger partial charge in [-0.3, -0.25) is 0 Å². The molecule has 29 heavy (non-hydrogen) atoms. The van der Waals surface area contributed by atoms with E-state index in [1.54, 1.807) is 0 Å². The summed E-state index contributed by atoms with van der Waals surface area (Å²) in [5.41, 5.74) is 1.57. The summed E-state index contributed by atoms with van der Waals surface area (Å²) in [5.74, 6) is 1.67. The van der Waals surface area contributed by atoms with Crippen LogP contribution in [-0.2, 0) is 4.79 Å². The zero-order valence-corrected chi connectivity index (χ0v) is 18.3. The first kappa shape index (κ1) is 21.1. The van der Waals surface area contributed by atoms with Crippen LogP contribution in [0.15, 0.2) is 5.16 Å². The van der Waals surface area contributed by atoms with Crippen molar-refractivity contribution < 1.29 is 20.2 Å². The van der Waals surface area contributed by atoms with E-state index in [-0.39, 0.29) is 11.3 Å². The summed E-state index contributed by atoms with van der Waals surface area (Å²) in [7, 11) is 0. The highest BCUT2D eigenvalue weighted by molar-refractivity contribution is 5.88. The van der Waals surface area contributed by atoms with Crippen LogP contribution in [0, 0.1) is 46.3 Å². The van der Waals surface area contributed by atoms with E-state index in [9.17, 15) is 15.1 Å². The highest BCUT2D eigenvalue weighted by Gasteiger charge is 2.62. The molecule has 0 bridgehead atoms. The van der Waals surface area contributed by atoms with Crippen molar-refractivity contribution in [3.63, 3.8) is 0 Å². The Hall–Kier alpha value is -1.10. The summed E-state index contributed by atoms with van der Waals surface area (Å²) in [5, 5.41) is 32.9. The molecule has 4 aliphatic rings. The molecule has 2 unspecified atom stereocenters. The summed E-state index contributed by atoms with van der Waals surface area (Å²) >= 11 is 0. The minimum Gasteiger partial charge on any atom is -0.479 e. The Morgan fingerprint density at radius 3 is 2.52 bits per heavy atom. The Bertz CT molecular complexity index is 678. The molecule has 164 valence electrons. The molecule has 0 saturated heterocycles. The summed E-state index contributed by atoms with van der Waals surface area (Å²) in [6.45, 7) is 7.04. The second-order valence-corrected chi connectivity index (χ2v) is 11.3. The summed E-state index contributed by atoms with van der Waals surface area (Å²) < 4.78 is 0. The van der Waals surface area contributed by atoms with Crippen molar-refractivity contribution >= 4 is 11.7 Å². The largest absolute Gasteiger partial charge is 0.479 e. The average molecular weight is 406 g/mol. The number of fused-ring (bicyclic) bond motifs is 5. The van der Waals surface area contributed by atoms with Crippen molar-refractivity contribution in [3.05, 3.63) is 0 Å². The maximum Gasteiger partial charge on any atom is 0.332 e. The number of rotatable bonds is 4. The van der Waals surface area contributed by atoms with Crippen molar-refractivity contribution in [2.45, 2.75) is 91.1 Å². The molecule has 4 rings (SSSR count). The third kappa shape index (κ3) is 3.23. The van der Waals surface area contributed by atoms with Crippen molar-refractivity contribution in [1.82, 2.24) is 0 Å². The molecule has 0 radical (unpaired) electrons. The highest BCUT2D eigenvalue weighted by Crippen LogP contribution is 2.67. The quantitative estimate of drug-likeness (QED) is 0.456. The lowest BCUT2D eigenvalue weighted by molar-refractivity contribution is -0.148. The number of oxime groups is 1. The third-order valence-corrected chi connectivity index (χ3v) is 10.2. The van der Waals surface area contributed by atoms with Crippen LogP contribution >= 0.6 is 0 Å². The normalized spacial score (nSPS) is 47.7. The molecule has 5 heteroatoms. The molecule has 0 aromatic rings. The predicted octanol–water partition coefficient (Wildman–Crippen LogP) is 4.95. The Kier molecular flexibility index (Phi) is 5.50. The molecule has 0 aliphatic heterocycles. The highest BCUT2D eigenvalue weighted by atomic mass is 16.4. The monoisotopic (exact) mass is 405 g/mol. The molecule has 0 heterocycles. The van der Waals surface area contributed by atoms with Crippen molar-refractivity contribution in [3.8, 4) is 0 Å². The van der Waals surface area contributed by atoms with Gasteiger partial charge in [-0.2, -0.15) is 0 Å². The fourth-order valence-electron chi connectivity index (χ4n) is 8.69. The smallest absolute Gasteiger partial charge is 0.332 e. The maximum absolute atomic E-state index is 11.2. The topological polar surface area (TPSA) is 90.1 Å². The van der Waals surface area contributed by atoms with E-state index in [0.717, 1.165) is 25.0 Å². The van der Waals surface area contributed by atoms with Gasteiger partial charge in [0, 0.05) is 5.92 Å². The van der Waals surface area contributed by atoms with Gasteiger partial charge in [0.05, 0.1) is 5.71 Å². The standard InChI is InChI=1S/C24H39NO4/c1-14(12-20(26)22(27)28)16-7-8-17-21-18(9-11-24(16,17)3)23(2)10-5-4-6-15(23)13-19(21)25-29/h14-18,20-21,26,29H,4-13H2,1-3H3,(H,27,28)/b25-19-/t14-,15?,16-,17+,18+,20?,21+,23+,24-/m1/s1. The first-order chi connectivity index (χ1) is 13.7. The molecule has 0 amide bonds. The molecule has 0 aromatic carbocycles. The zero-order valence-electron chi connectivity index (χ0n) is 18.3. The first-order valence-electron chi connectivity index (χ1n) is 11.8. The fourth-order valence-corrected chi connectivity index (χ4v) is 8.69. The van der Waals surface area contributed by atoms with Gasteiger partial charge in [0.1, 0.15) is 0 Å². The van der Waals surface area contributed by atoms with Crippen LogP contribution in [-0.4, -0.2) is 33.2 Å². The van der Waals surface area contributed by atoms with Gasteiger partial charge < -0.3 is 15.4 Å². The summed E-state index contributed by atoms with van der Waals surface area (Å²) in [6.07, 6.45) is 9.84. The van der Waals surface area contributed by atoms with E-state index in [4.69, 9.17) is 5.11 Å². The molecule has 9 atom stereocenters. The van der Waals surface area contributed by atoms with E-state index in [2.05, 4.69) is 25.9 Å². The van der Waals surface area contributed by atoms with Gasteiger partial charge in [-0.25, -0.2) is 4.79 Å². The number of carboxylic acid groups (broad SMARTS) is 1. The SMILES string of the molecule is C[C@H](CC(O)C(=O)O)[C@H]1CC[C@H]2[C@@H]3/C(=N\O)CC4CCCC[C@]4(C)[C@H]3CC[C@]12C. The number of hydrogen-bond acceptors (Lipinski definition) is 4. The number of carboxylic acids is 1. The molecule has 0 aromatic heterocycles. The van der Waals surface area contributed by atoms with Crippen LogP contribution < -0.4 is 0 Å². The predicted molar refractivity (Wildman–Crippen MR) is 112 cm³/mol. The van der Waals surface area contributed by atoms with Gasteiger partial charge in [0.15, 0.2) is 6.10 Å². The van der Waals surface area contributed by atoms with Crippen molar-refractivity contribution in [2.75, 3.05) is 0 Å². The van der Waals surface area contributed by atoms with Crippen LogP contribution in [0.5, 0.6) is 0 Å². The molecule has 3 N–H and O–H groups in total. The van der Waals surface area contributed by atoms with Gasteiger partial charge in [-0.1, -0.05) is 38.8 Å². The van der Waals surface area contributed by atoms with Crippen LogP contribution in [0.25, 0.3) is 0 Å². The second-order valence-electron chi connectivity index (χ2n) is 11.3. The maximum atomic E-state index is 11.2. The van der Waals surface area contributed by atoms with Gasteiger partial charge in [-0.05, 0) is 91.8 Å². The minimum atomic E-state index is -1.27. The number of aliphatic hydroxyl groups excluding tert-OH is 1. The Morgan fingerprint density at radius 2 is 1.83 bits per heavy atom. The number of hydrogen-bond donors (Lipinski definition) is 3. The van der Waals surface area contributed by atoms with E-state index in [1.807, 2.05) is 0 Å². The van der Waals surface area contributed by atoms with Crippen LogP contribution in [0.3, 0.4) is 0 Å². The molecular weight excluding hydrogens is 366 g/mol. The summed E-state index contributed by atoms with van der Waals surface area (Å²) in [4.78, 5) is 11.2. The van der Waals surface area contributed by atoms with E-state index >= 15 is 0 Å². The van der Waals surface area contributed by atoms with Crippen molar-refractivity contribution in [2.24, 2.45) is 51.5 Å². The lowest BCUT2D eigenvalue weighted by Gasteiger charge is -2.60. The number of carbonyl (C=O) groups is 1. The minimum absolute atomic E-state index is 0.145. The number of nitrogens with zero attached hydrogens (tertiary/aromatic N) is 1. The molecular formula is C24H39NO4. The Morgan fingerprint density at radius 1 is 1.10 bits per heavy atom. The Balaban J connectivity index is 1.60. The van der Waals surface area contributed by atoms with Crippen molar-refractivity contribution in [1.29, 1.82) is 0 Å². The van der Waals surface area contributed by atoms with Gasteiger partial charge in [0.25, 0.3) is 0 Å². The van der Waals surface area contributed by atoms with Gasteiger partial charge in [0.2, 0.25) is 0 Å². The molecule has 4 saturated carbocycles. The third-order valence-electron chi connectivity index (χ3n) is 10.2. The first-order valence-corrected chi connectivity index (χ1v) is 11.8. The van der Waals surface area contributed by atoms with E-state index in [0.29, 0.717) is 41.4 Å². The van der Waals surface area contributed by atoms with Crippen LogP contribution in [0.2, 0.25) is 0 Å². The second kappa shape index (κ2) is 7.55. The molecule has 0 spiro atoms. The zero-order chi connectivity index (χ0) is 21.0.